The van der Waals surface area contributed by atoms with Crippen LogP contribution in [-0.2, 0) is 22.3 Å². The van der Waals surface area contributed by atoms with Gasteiger partial charge in [-0.15, -0.1) is 0 Å². The number of unbranched alkanes of at least 4 members (excludes halogenated alkanes) is 18. The number of nitrogens with zero attached hydrogens (tertiary/aromatic N) is 2. The summed E-state index contributed by atoms with van der Waals surface area (Å²) in [4.78, 5) is 35.3. The second-order valence-electron chi connectivity index (χ2n) is 19.1. The van der Waals surface area contributed by atoms with Gasteiger partial charge in [-0.3, -0.25) is 9.98 Å². The first-order valence-electron chi connectivity index (χ1n) is 27.7. The number of esters is 2. The van der Waals surface area contributed by atoms with E-state index in [9.17, 15) is 9.59 Å². The zero-order valence-electron chi connectivity index (χ0n) is 43.8. The second-order valence-corrected chi connectivity index (χ2v) is 19.1. The minimum Gasteiger partial charge on any atom is -0.493 e. The van der Waals surface area contributed by atoms with E-state index in [0.29, 0.717) is 26.1 Å². The number of benzene rings is 5. The molecule has 0 atom stereocenters. The number of carbonyl (C=O) groups is 2. The van der Waals surface area contributed by atoms with Gasteiger partial charge < -0.3 is 18.9 Å². The molecule has 5 rings (SSSR count). The number of carbonyl (C=O) groups excluding carboxylic acids is 2. The van der Waals surface area contributed by atoms with Crippen LogP contribution >= 0.6 is 0 Å². The average molecular weight is 977 g/mol. The van der Waals surface area contributed by atoms with Crippen LogP contribution in [0.4, 0.5) is 11.4 Å². The summed E-state index contributed by atoms with van der Waals surface area (Å²) in [6.07, 6.45) is 34.0. The maximum atomic E-state index is 13.0. The van der Waals surface area contributed by atoms with Gasteiger partial charge in [0.2, 0.25) is 0 Å². The van der Waals surface area contributed by atoms with Gasteiger partial charge in [0.15, 0.2) is 0 Å². The largest absolute Gasteiger partial charge is 0.493 e. The molecule has 0 aliphatic carbocycles. The van der Waals surface area contributed by atoms with Crippen molar-refractivity contribution in [3.63, 3.8) is 0 Å². The molecule has 0 aliphatic heterocycles. The second kappa shape index (κ2) is 36.0. The van der Waals surface area contributed by atoms with E-state index in [1.54, 1.807) is 24.3 Å². The van der Waals surface area contributed by atoms with Crippen molar-refractivity contribution in [1.29, 1.82) is 0 Å². The first-order chi connectivity index (χ1) is 35.5. The Morgan fingerprint density at radius 3 is 1.06 bits per heavy atom. The van der Waals surface area contributed by atoms with E-state index < -0.39 is 11.9 Å². The van der Waals surface area contributed by atoms with E-state index in [4.69, 9.17) is 18.9 Å². The van der Waals surface area contributed by atoms with Crippen molar-refractivity contribution in [2.75, 3.05) is 26.4 Å². The summed E-state index contributed by atoms with van der Waals surface area (Å²) in [6.45, 7) is 5.56. The molecule has 0 bridgehead atoms. The number of hydrogen-bond donors (Lipinski definition) is 0. The van der Waals surface area contributed by atoms with Crippen molar-refractivity contribution in [2.24, 2.45) is 9.98 Å². The van der Waals surface area contributed by atoms with Crippen LogP contribution in [0.1, 0.15) is 198 Å². The molecular weight excluding hydrogens is 893 g/mol. The maximum absolute atomic E-state index is 13.0. The molecule has 0 heterocycles. The van der Waals surface area contributed by atoms with Crippen LogP contribution in [0.2, 0.25) is 0 Å². The predicted molar refractivity (Wildman–Crippen MR) is 299 cm³/mol. The standard InChI is InChI=1S/C64H84N2O6/c1-3-5-7-9-11-13-15-17-19-21-27-53-31-39-57(40-32-53)65-51-55-35-43-59(44-36-55)69-47-25-49-71-63(67)61-29-23-24-30-62(61)64(68)72-50-26-48-70-60-45-37-56(38-46-60)52-66-58-41-33-54(34-42-58)28-22-20-18-16-14-12-10-8-6-4-2/h23-24,29-46,51-52H,3-22,25-28,47-50H2,1-2H3. The minimum atomic E-state index is -0.584. The molecule has 0 saturated carbocycles. The Hall–Kier alpha value is -6.02. The molecule has 0 N–H and O–H groups in total. The van der Waals surface area contributed by atoms with Gasteiger partial charge in [-0.1, -0.05) is 166 Å². The van der Waals surface area contributed by atoms with Crippen molar-refractivity contribution in [1.82, 2.24) is 0 Å². The molecule has 72 heavy (non-hydrogen) atoms. The minimum absolute atomic E-state index is 0.142. The van der Waals surface area contributed by atoms with Crippen LogP contribution in [-0.4, -0.2) is 50.8 Å². The van der Waals surface area contributed by atoms with Crippen molar-refractivity contribution in [3.8, 4) is 11.5 Å². The lowest BCUT2D eigenvalue weighted by Gasteiger charge is -2.11. The third kappa shape index (κ3) is 23.9. The highest BCUT2D eigenvalue weighted by Crippen LogP contribution is 2.21. The highest BCUT2D eigenvalue weighted by atomic mass is 16.5. The van der Waals surface area contributed by atoms with E-state index in [1.807, 2.05) is 61.0 Å². The molecule has 0 aliphatic rings. The molecule has 0 spiro atoms. The zero-order chi connectivity index (χ0) is 50.5. The van der Waals surface area contributed by atoms with Gasteiger partial charge in [0.05, 0.1) is 48.9 Å². The molecule has 5 aromatic rings. The summed E-state index contributed by atoms with van der Waals surface area (Å²) in [7, 11) is 0. The fourth-order valence-electron chi connectivity index (χ4n) is 8.55. The number of rotatable bonds is 38. The Balaban J connectivity index is 0.894. The van der Waals surface area contributed by atoms with Gasteiger partial charge in [0.1, 0.15) is 11.5 Å². The molecular formula is C64H84N2O6. The quantitative estimate of drug-likeness (QED) is 0.0222. The molecule has 0 unspecified atom stereocenters. The molecule has 0 fully saturated rings. The Morgan fingerprint density at radius 1 is 0.375 bits per heavy atom. The van der Waals surface area contributed by atoms with E-state index >= 15 is 0 Å². The van der Waals surface area contributed by atoms with E-state index in [-0.39, 0.29) is 24.3 Å². The van der Waals surface area contributed by atoms with Crippen LogP contribution in [0.25, 0.3) is 0 Å². The van der Waals surface area contributed by atoms with Crippen LogP contribution in [0.15, 0.2) is 131 Å². The number of aryl methyl sites for hydroxylation is 2. The molecule has 8 nitrogen and oxygen atoms in total. The van der Waals surface area contributed by atoms with Crippen LogP contribution in [0.3, 0.4) is 0 Å². The maximum Gasteiger partial charge on any atom is 0.339 e. The van der Waals surface area contributed by atoms with Gasteiger partial charge in [0, 0.05) is 25.3 Å². The lowest BCUT2D eigenvalue weighted by molar-refractivity contribution is 0.0438. The molecule has 0 amide bonds. The van der Waals surface area contributed by atoms with E-state index in [1.165, 1.54) is 140 Å². The van der Waals surface area contributed by atoms with Crippen LogP contribution in [0.5, 0.6) is 11.5 Å². The third-order valence-electron chi connectivity index (χ3n) is 12.9. The normalized spacial score (nSPS) is 11.4. The summed E-state index contributed by atoms with van der Waals surface area (Å²) in [6, 6.07) is 39.2. The topological polar surface area (TPSA) is 95.8 Å². The van der Waals surface area contributed by atoms with E-state index in [0.717, 1.165) is 46.8 Å². The Morgan fingerprint density at radius 2 is 0.708 bits per heavy atom. The van der Waals surface area contributed by atoms with Crippen molar-refractivity contribution in [3.05, 3.63) is 155 Å². The highest BCUT2D eigenvalue weighted by Gasteiger charge is 2.19. The van der Waals surface area contributed by atoms with Crippen molar-refractivity contribution < 1.29 is 28.5 Å². The fraction of sp³-hybridized carbons (Fsp3) is 0.469. The SMILES string of the molecule is CCCCCCCCCCCCc1ccc(N=Cc2ccc(OCCCOC(=O)c3ccccc3C(=O)OCCCOc3ccc(C=Nc4ccc(CCCCCCCCCCCC)cc4)cc3)cc2)cc1. The molecule has 0 radical (unpaired) electrons. The van der Waals surface area contributed by atoms with Gasteiger partial charge in [-0.25, -0.2) is 9.59 Å². The monoisotopic (exact) mass is 977 g/mol. The fourth-order valence-corrected chi connectivity index (χ4v) is 8.55. The lowest BCUT2D eigenvalue weighted by Crippen LogP contribution is -2.16. The lowest BCUT2D eigenvalue weighted by atomic mass is 10.0. The summed E-state index contributed by atoms with van der Waals surface area (Å²) in [5.74, 6) is 0.273. The molecule has 8 heteroatoms. The number of ether oxygens (including phenoxy) is 4. The summed E-state index contributed by atoms with van der Waals surface area (Å²) in [5, 5.41) is 0. The van der Waals surface area contributed by atoms with Crippen molar-refractivity contribution in [2.45, 2.75) is 168 Å². The Kier molecular flexibility index (Phi) is 28.4. The average Bonchev–Trinajstić information content (AvgIpc) is 3.41. The van der Waals surface area contributed by atoms with Crippen LogP contribution in [0, 0.1) is 0 Å². The summed E-state index contributed by atoms with van der Waals surface area (Å²) < 4.78 is 22.8. The smallest absolute Gasteiger partial charge is 0.339 e. The van der Waals surface area contributed by atoms with Gasteiger partial charge in [0.25, 0.3) is 0 Å². The highest BCUT2D eigenvalue weighted by molar-refractivity contribution is 6.03. The van der Waals surface area contributed by atoms with Gasteiger partial charge in [-0.2, -0.15) is 0 Å². The Bertz CT molecular complexity index is 2110. The predicted octanol–water partition coefficient (Wildman–Crippen LogP) is 17.4. The Labute approximate surface area is 433 Å². The van der Waals surface area contributed by atoms with Crippen LogP contribution < -0.4 is 9.47 Å². The van der Waals surface area contributed by atoms with E-state index in [2.05, 4.69) is 72.4 Å². The molecule has 386 valence electrons. The molecule has 0 aromatic heterocycles. The summed E-state index contributed by atoms with van der Waals surface area (Å²) >= 11 is 0. The zero-order valence-corrected chi connectivity index (χ0v) is 43.8. The molecule has 5 aromatic carbocycles. The number of aliphatic imine (C=N–C) groups is 2. The number of hydrogen-bond acceptors (Lipinski definition) is 8. The third-order valence-corrected chi connectivity index (χ3v) is 12.9. The van der Waals surface area contributed by atoms with Gasteiger partial charge in [-0.05, 0) is 133 Å². The molecule has 0 saturated heterocycles. The first-order valence-corrected chi connectivity index (χ1v) is 27.7. The van der Waals surface area contributed by atoms with Gasteiger partial charge >= 0.3 is 11.9 Å². The summed E-state index contributed by atoms with van der Waals surface area (Å²) in [5.41, 5.74) is 6.89. The van der Waals surface area contributed by atoms with Crippen molar-refractivity contribution >= 4 is 35.7 Å². The first kappa shape index (κ1) is 56.9.